The topological polar surface area (TPSA) is 75.3 Å². The summed E-state index contributed by atoms with van der Waals surface area (Å²) < 4.78 is 0. The normalized spacial score (nSPS) is 16.8. The summed E-state index contributed by atoms with van der Waals surface area (Å²) in [6.45, 7) is 6.61. The maximum atomic E-state index is 12.4. The molecule has 3 heterocycles. The standard InChI is InChI=1S/C24H33N5O/c1-2-3-4-10-22-26-23(25)21-14-20(30)17-29(24(21)27-22)16-19-9-7-8-18(13-19)15-28-11-5-6-12-28/h7-9,13H,2-6,10-12,14-17H2,1H3,(H2,25,26,27). The minimum absolute atomic E-state index is 0.171. The Morgan fingerprint density at radius 2 is 1.83 bits per heavy atom. The van der Waals surface area contributed by atoms with Gasteiger partial charge in [0.05, 0.1) is 6.54 Å². The fraction of sp³-hybridized carbons (Fsp3) is 0.542. The van der Waals surface area contributed by atoms with E-state index in [-0.39, 0.29) is 5.78 Å². The molecule has 1 aromatic heterocycles. The van der Waals surface area contributed by atoms with Crippen molar-refractivity contribution in [3.8, 4) is 0 Å². The number of fused-ring (bicyclic) bond motifs is 1. The first-order chi connectivity index (χ1) is 14.6. The molecule has 160 valence electrons. The van der Waals surface area contributed by atoms with Gasteiger partial charge >= 0.3 is 0 Å². The van der Waals surface area contributed by atoms with Crippen LogP contribution in [0.1, 0.15) is 61.5 Å². The molecule has 0 atom stereocenters. The SMILES string of the molecule is CCCCCc1nc(N)c2c(n1)N(Cc1cccc(CN3CCCC3)c1)CC(=O)C2. The van der Waals surface area contributed by atoms with Gasteiger partial charge in [0.15, 0.2) is 5.78 Å². The van der Waals surface area contributed by atoms with Crippen LogP contribution in [0.25, 0.3) is 0 Å². The number of nitrogens with zero attached hydrogens (tertiary/aromatic N) is 4. The zero-order chi connectivity index (χ0) is 20.9. The Bertz CT molecular complexity index is 891. The minimum Gasteiger partial charge on any atom is -0.383 e. The van der Waals surface area contributed by atoms with Gasteiger partial charge in [-0.3, -0.25) is 9.69 Å². The number of hydrogen-bond donors (Lipinski definition) is 1. The quantitative estimate of drug-likeness (QED) is 0.675. The molecule has 1 fully saturated rings. The predicted molar refractivity (Wildman–Crippen MR) is 120 cm³/mol. The number of rotatable bonds is 8. The lowest BCUT2D eigenvalue weighted by Gasteiger charge is -2.30. The number of carbonyl (C=O) groups is 1. The van der Waals surface area contributed by atoms with Gasteiger partial charge in [-0.2, -0.15) is 0 Å². The van der Waals surface area contributed by atoms with Crippen molar-refractivity contribution in [2.24, 2.45) is 0 Å². The largest absolute Gasteiger partial charge is 0.383 e. The maximum Gasteiger partial charge on any atom is 0.156 e. The zero-order valence-electron chi connectivity index (χ0n) is 18.1. The van der Waals surface area contributed by atoms with Gasteiger partial charge in [0.2, 0.25) is 0 Å². The Labute approximate surface area is 179 Å². The molecule has 1 aromatic carbocycles. The summed E-state index contributed by atoms with van der Waals surface area (Å²) in [5.41, 5.74) is 9.57. The summed E-state index contributed by atoms with van der Waals surface area (Å²) in [6, 6.07) is 8.73. The van der Waals surface area contributed by atoms with E-state index in [4.69, 9.17) is 10.7 Å². The smallest absolute Gasteiger partial charge is 0.156 e. The van der Waals surface area contributed by atoms with Crippen molar-refractivity contribution in [3.05, 3.63) is 46.8 Å². The Balaban J connectivity index is 1.54. The van der Waals surface area contributed by atoms with E-state index in [1.165, 1.54) is 37.1 Å². The third-order valence-electron chi connectivity index (χ3n) is 6.08. The number of Topliss-reactive ketones (excluding diaryl/α,β-unsaturated/α-hetero) is 1. The van der Waals surface area contributed by atoms with Gasteiger partial charge in [-0.1, -0.05) is 44.0 Å². The lowest BCUT2D eigenvalue weighted by atomic mass is 10.0. The molecule has 0 amide bonds. The average molecular weight is 408 g/mol. The first kappa shape index (κ1) is 20.8. The van der Waals surface area contributed by atoms with Crippen LogP contribution in [0.4, 0.5) is 11.6 Å². The number of aryl methyl sites for hydroxylation is 1. The van der Waals surface area contributed by atoms with Crippen molar-refractivity contribution in [2.45, 2.75) is 65.0 Å². The molecule has 0 bridgehead atoms. The highest BCUT2D eigenvalue weighted by Crippen LogP contribution is 2.29. The van der Waals surface area contributed by atoms with Gasteiger partial charge < -0.3 is 10.6 Å². The average Bonchev–Trinajstić information content (AvgIpc) is 3.22. The molecule has 2 aromatic rings. The summed E-state index contributed by atoms with van der Waals surface area (Å²) >= 11 is 0. The molecule has 30 heavy (non-hydrogen) atoms. The van der Waals surface area contributed by atoms with E-state index in [0.29, 0.717) is 25.3 Å². The highest BCUT2D eigenvalue weighted by Gasteiger charge is 2.27. The maximum absolute atomic E-state index is 12.4. The molecule has 0 aliphatic carbocycles. The summed E-state index contributed by atoms with van der Waals surface area (Å²) in [5.74, 6) is 2.28. The van der Waals surface area contributed by atoms with Crippen molar-refractivity contribution in [1.82, 2.24) is 14.9 Å². The van der Waals surface area contributed by atoms with Gasteiger partial charge in [-0.15, -0.1) is 0 Å². The van der Waals surface area contributed by atoms with Gasteiger partial charge in [0, 0.05) is 31.5 Å². The first-order valence-corrected chi connectivity index (χ1v) is 11.3. The zero-order valence-corrected chi connectivity index (χ0v) is 18.1. The van der Waals surface area contributed by atoms with Crippen LogP contribution in [0.5, 0.6) is 0 Å². The second-order valence-corrected chi connectivity index (χ2v) is 8.66. The first-order valence-electron chi connectivity index (χ1n) is 11.3. The van der Waals surface area contributed by atoms with Crippen LogP contribution in [0, 0.1) is 0 Å². The molecular formula is C24H33N5O. The number of aromatic nitrogens is 2. The fourth-order valence-electron chi connectivity index (χ4n) is 4.53. The molecule has 1 saturated heterocycles. The van der Waals surface area contributed by atoms with E-state index in [1.807, 2.05) is 0 Å². The van der Waals surface area contributed by atoms with Crippen molar-refractivity contribution in [1.29, 1.82) is 0 Å². The van der Waals surface area contributed by atoms with Gasteiger partial charge in [-0.25, -0.2) is 9.97 Å². The number of unbranched alkanes of at least 4 members (excludes halogenated alkanes) is 2. The Kier molecular flexibility index (Phi) is 6.62. The molecule has 0 unspecified atom stereocenters. The van der Waals surface area contributed by atoms with Crippen molar-refractivity contribution in [2.75, 3.05) is 30.3 Å². The monoisotopic (exact) mass is 407 g/mol. The molecule has 0 saturated carbocycles. The molecule has 0 spiro atoms. The van der Waals surface area contributed by atoms with E-state index in [2.05, 4.69) is 46.0 Å². The number of nitrogen functional groups attached to an aromatic ring is 1. The number of anilines is 2. The highest BCUT2D eigenvalue weighted by atomic mass is 16.1. The lowest BCUT2D eigenvalue weighted by Crippen LogP contribution is -2.37. The number of likely N-dealkylation sites (tertiary alicyclic amines) is 1. The van der Waals surface area contributed by atoms with E-state index >= 15 is 0 Å². The Hall–Kier alpha value is -2.47. The van der Waals surface area contributed by atoms with Crippen molar-refractivity contribution < 1.29 is 4.79 Å². The van der Waals surface area contributed by atoms with Crippen LogP contribution < -0.4 is 10.6 Å². The van der Waals surface area contributed by atoms with Crippen LogP contribution >= 0.6 is 0 Å². The molecule has 2 N–H and O–H groups in total. The van der Waals surface area contributed by atoms with Crippen molar-refractivity contribution >= 4 is 17.4 Å². The van der Waals surface area contributed by atoms with E-state index in [0.717, 1.165) is 49.4 Å². The third kappa shape index (κ3) is 4.98. The van der Waals surface area contributed by atoms with E-state index < -0.39 is 0 Å². The minimum atomic E-state index is 0.171. The molecule has 2 aliphatic heterocycles. The number of benzene rings is 1. The second-order valence-electron chi connectivity index (χ2n) is 8.66. The summed E-state index contributed by atoms with van der Waals surface area (Å²) in [6.07, 6.45) is 7.15. The number of nitrogens with two attached hydrogens (primary N) is 1. The lowest BCUT2D eigenvalue weighted by molar-refractivity contribution is -0.117. The molecule has 4 rings (SSSR count). The fourth-order valence-corrected chi connectivity index (χ4v) is 4.53. The van der Waals surface area contributed by atoms with Crippen LogP contribution in [0.15, 0.2) is 24.3 Å². The summed E-state index contributed by atoms with van der Waals surface area (Å²) in [7, 11) is 0. The molecule has 2 aliphatic rings. The van der Waals surface area contributed by atoms with E-state index in [1.54, 1.807) is 0 Å². The van der Waals surface area contributed by atoms with Crippen LogP contribution in [0.2, 0.25) is 0 Å². The van der Waals surface area contributed by atoms with Gasteiger partial charge in [0.25, 0.3) is 0 Å². The molecular weight excluding hydrogens is 374 g/mol. The van der Waals surface area contributed by atoms with Crippen LogP contribution in [-0.4, -0.2) is 40.3 Å². The number of carbonyl (C=O) groups excluding carboxylic acids is 1. The Morgan fingerprint density at radius 3 is 2.60 bits per heavy atom. The molecule has 0 radical (unpaired) electrons. The van der Waals surface area contributed by atoms with Gasteiger partial charge in [0.1, 0.15) is 17.5 Å². The third-order valence-corrected chi connectivity index (χ3v) is 6.08. The van der Waals surface area contributed by atoms with Crippen LogP contribution in [0.3, 0.4) is 0 Å². The number of ketones is 1. The molecule has 6 heteroatoms. The highest BCUT2D eigenvalue weighted by molar-refractivity contribution is 5.91. The summed E-state index contributed by atoms with van der Waals surface area (Å²) in [5, 5.41) is 0. The van der Waals surface area contributed by atoms with Gasteiger partial charge in [-0.05, 0) is 43.5 Å². The number of hydrogen-bond acceptors (Lipinski definition) is 6. The molecule has 6 nitrogen and oxygen atoms in total. The van der Waals surface area contributed by atoms with E-state index in [9.17, 15) is 4.79 Å². The van der Waals surface area contributed by atoms with Crippen molar-refractivity contribution in [3.63, 3.8) is 0 Å². The second kappa shape index (κ2) is 9.56. The summed E-state index contributed by atoms with van der Waals surface area (Å²) in [4.78, 5) is 26.3. The predicted octanol–water partition coefficient (Wildman–Crippen LogP) is 3.52. The Morgan fingerprint density at radius 1 is 1.07 bits per heavy atom. The van der Waals surface area contributed by atoms with Crippen LogP contribution in [-0.2, 0) is 30.7 Å².